The van der Waals surface area contributed by atoms with Crippen LogP contribution in [0.2, 0.25) is 0 Å². The summed E-state index contributed by atoms with van der Waals surface area (Å²) in [5.41, 5.74) is 4.40. The van der Waals surface area contributed by atoms with Crippen LogP contribution < -0.4 is 5.32 Å². The lowest BCUT2D eigenvalue weighted by molar-refractivity contribution is 0.408. The van der Waals surface area contributed by atoms with Crippen molar-refractivity contribution in [1.82, 2.24) is 5.16 Å². The molecule has 0 saturated heterocycles. The third-order valence-electron chi connectivity index (χ3n) is 4.22. The summed E-state index contributed by atoms with van der Waals surface area (Å²) in [6, 6.07) is 21.1. The lowest BCUT2D eigenvalue weighted by Gasteiger charge is -2.22. The largest absolute Gasteiger partial charge is 0.354 e. The van der Waals surface area contributed by atoms with Crippen LogP contribution in [0.1, 0.15) is 32.0 Å². The molecule has 3 nitrogen and oxygen atoms in total. The fourth-order valence-corrected chi connectivity index (χ4v) is 2.69. The Bertz CT molecular complexity index is 758. The SMILES string of the molecule is CCNc1cc(C(C)(C)c2ccc(-c3ccccc3)cc2)no1. The van der Waals surface area contributed by atoms with Crippen molar-refractivity contribution in [3.05, 3.63) is 71.9 Å². The molecule has 0 spiro atoms. The first-order chi connectivity index (χ1) is 11.1. The average molecular weight is 306 g/mol. The van der Waals surface area contributed by atoms with Gasteiger partial charge in [-0.25, -0.2) is 0 Å². The number of hydrogen-bond donors (Lipinski definition) is 1. The fourth-order valence-electron chi connectivity index (χ4n) is 2.69. The van der Waals surface area contributed by atoms with Crippen LogP contribution in [0, 0.1) is 0 Å². The van der Waals surface area contributed by atoms with Crippen molar-refractivity contribution in [1.29, 1.82) is 0 Å². The van der Waals surface area contributed by atoms with E-state index in [1.165, 1.54) is 16.7 Å². The second-order valence-electron chi connectivity index (χ2n) is 6.18. The molecule has 1 heterocycles. The zero-order chi connectivity index (χ0) is 16.3. The summed E-state index contributed by atoms with van der Waals surface area (Å²) in [4.78, 5) is 0. The standard InChI is InChI=1S/C20H22N2O/c1-4-21-19-14-18(22-23-19)20(2,3)17-12-10-16(11-13-17)15-8-6-5-7-9-15/h5-14,21H,4H2,1-3H3. The van der Waals surface area contributed by atoms with Gasteiger partial charge < -0.3 is 9.84 Å². The van der Waals surface area contributed by atoms with E-state index < -0.39 is 0 Å². The van der Waals surface area contributed by atoms with Crippen molar-refractivity contribution < 1.29 is 4.52 Å². The molecule has 0 bridgehead atoms. The third kappa shape index (κ3) is 3.14. The first-order valence-corrected chi connectivity index (χ1v) is 7.98. The molecule has 1 aromatic heterocycles. The minimum atomic E-state index is -0.202. The van der Waals surface area contributed by atoms with Gasteiger partial charge in [-0.05, 0) is 23.6 Å². The third-order valence-corrected chi connectivity index (χ3v) is 4.22. The van der Waals surface area contributed by atoms with Crippen molar-refractivity contribution >= 4 is 5.88 Å². The lowest BCUT2D eigenvalue weighted by Crippen LogP contribution is -2.19. The van der Waals surface area contributed by atoms with Crippen molar-refractivity contribution in [2.45, 2.75) is 26.2 Å². The summed E-state index contributed by atoms with van der Waals surface area (Å²) < 4.78 is 5.34. The highest BCUT2D eigenvalue weighted by molar-refractivity contribution is 5.63. The molecule has 3 aromatic rings. The summed E-state index contributed by atoms with van der Waals surface area (Å²) in [6.07, 6.45) is 0. The zero-order valence-corrected chi connectivity index (χ0v) is 13.8. The number of rotatable bonds is 5. The van der Waals surface area contributed by atoms with Crippen molar-refractivity contribution in [3.63, 3.8) is 0 Å². The maximum Gasteiger partial charge on any atom is 0.224 e. The highest BCUT2D eigenvalue weighted by atomic mass is 16.5. The molecule has 3 rings (SSSR count). The molecule has 0 aliphatic heterocycles. The summed E-state index contributed by atoms with van der Waals surface area (Å²) in [5, 5.41) is 7.38. The molecule has 1 N–H and O–H groups in total. The van der Waals surface area contributed by atoms with Crippen LogP contribution in [0.5, 0.6) is 0 Å². The fraction of sp³-hybridized carbons (Fsp3) is 0.250. The second-order valence-corrected chi connectivity index (χ2v) is 6.18. The Balaban J connectivity index is 1.87. The summed E-state index contributed by atoms with van der Waals surface area (Å²) >= 11 is 0. The number of hydrogen-bond acceptors (Lipinski definition) is 3. The van der Waals surface area contributed by atoms with E-state index in [1.807, 2.05) is 19.1 Å². The van der Waals surface area contributed by atoms with E-state index in [4.69, 9.17) is 4.52 Å². The van der Waals surface area contributed by atoms with Gasteiger partial charge in [-0.15, -0.1) is 0 Å². The molecule has 0 atom stereocenters. The van der Waals surface area contributed by atoms with Crippen LogP contribution in [0.25, 0.3) is 11.1 Å². The van der Waals surface area contributed by atoms with Crippen LogP contribution in [-0.2, 0) is 5.41 Å². The molecule has 0 aliphatic rings. The van der Waals surface area contributed by atoms with Crippen molar-refractivity contribution in [3.8, 4) is 11.1 Å². The molecule has 23 heavy (non-hydrogen) atoms. The molecule has 2 aromatic carbocycles. The zero-order valence-electron chi connectivity index (χ0n) is 13.8. The molecule has 0 saturated carbocycles. The van der Waals surface area contributed by atoms with Crippen molar-refractivity contribution in [2.75, 3.05) is 11.9 Å². The average Bonchev–Trinajstić information content (AvgIpc) is 3.06. The predicted octanol–water partition coefficient (Wildman–Crippen LogP) is 5.10. The first-order valence-electron chi connectivity index (χ1n) is 7.98. The number of nitrogens with one attached hydrogen (secondary N) is 1. The highest BCUT2D eigenvalue weighted by Gasteiger charge is 2.27. The van der Waals surface area contributed by atoms with E-state index in [0.29, 0.717) is 0 Å². The number of aromatic nitrogens is 1. The van der Waals surface area contributed by atoms with Gasteiger partial charge >= 0.3 is 0 Å². The van der Waals surface area contributed by atoms with Gasteiger partial charge in [-0.2, -0.15) is 0 Å². The van der Waals surface area contributed by atoms with E-state index in [2.05, 4.69) is 72.9 Å². The minimum absolute atomic E-state index is 0.202. The van der Waals surface area contributed by atoms with Gasteiger partial charge in [0.2, 0.25) is 5.88 Å². The summed E-state index contributed by atoms with van der Waals surface area (Å²) in [7, 11) is 0. The van der Waals surface area contributed by atoms with E-state index in [9.17, 15) is 0 Å². The number of anilines is 1. The highest BCUT2D eigenvalue weighted by Crippen LogP contribution is 2.33. The Morgan fingerprint density at radius 1 is 0.957 bits per heavy atom. The Labute approximate surface area is 137 Å². The Hall–Kier alpha value is -2.55. The van der Waals surface area contributed by atoms with Gasteiger partial charge in [-0.1, -0.05) is 73.6 Å². The molecule has 0 fully saturated rings. The van der Waals surface area contributed by atoms with Gasteiger partial charge in [0.05, 0.1) is 5.69 Å². The normalized spacial score (nSPS) is 11.4. The monoisotopic (exact) mass is 306 g/mol. The van der Waals surface area contributed by atoms with E-state index in [1.54, 1.807) is 0 Å². The van der Waals surface area contributed by atoms with Gasteiger partial charge in [0, 0.05) is 18.0 Å². The van der Waals surface area contributed by atoms with Crippen LogP contribution in [0.3, 0.4) is 0 Å². The molecule has 118 valence electrons. The van der Waals surface area contributed by atoms with Gasteiger partial charge in [0.15, 0.2) is 0 Å². The van der Waals surface area contributed by atoms with Gasteiger partial charge in [0.1, 0.15) is 0 Å². The Morgan fingerprint density at radius 2 is 1.61 bits per heavy atom. The van der Waals surface area contributed by atoms with Gasteiger partial charge in [0.25, 0.3) is 0 Å². The Kier molecular flexibility index (Phi) is 4.20. The van der Waals surface area contributed by atoms with Gasteiger partial charge in [-0.3, -0.25) is 0 Å². The van der Waals surface area contributed by atoms with E-state index >= 15 is 0 Å². The number of nitrogens with zero attached hydrogens (tertiary/aromatic N) is 1. The van der Waals surface area contributed by atoms with E-state index in [0.717, 1.165) is 18.1 Å². The van der Waals surface area contributed by atoms with Crippen LogP contribution in [0.4, 0.5) is 5.88 Å². The molecule has 0 unspecified atom stereocenters. The summed E-state index contributed by atoms with van der Waals surface area (Å²) in [5.74, 6) is 0.719. The first kappa shape index (κ1) is 15.3. The second kappa shape index (κ2) is 6.29. The molecular weight excluding hydrogens is 284 g/mol. The van der Waals surface area contributed by atoms with Crippen LogP contribution >= 0.6 is 0 Å². The molecular formula is C20H22N2O. The smallest absolute Gasteiger partial charge is 0.224 e. The summed E-state index contributed by atoms with van der Waals surface area (Å²) in [6.45, 7) is 7.19. The molecule has 0 aliphatic carbocycles. The molecule has 3 heteroatoms. The Morgan fingerprint density at radius 3 is 2.26 bits per heavy atom. The topological polar surface area (TPSA) is 38.1 Å². The predicted molar refractivity (Wildman–Crippen MR) is 94.7 cm³/mol. The quantitative estimate of drug-likeness (QED) is 0.712. The van der Waals surface area contributed by atoms with E-state index in [-0.39, 0.29) is 5.41 Å². The van der Waals surface area contributed by atoms with Crippen LogP contribution in [0.15, 0.2) is 65.2 Å². The van der Waals surface area contributed by atoms with Crippen molar-refractivity contribution in [2.24, 2.45) is 0 Å². The minimum Gasteiger partial charge on any atom is -0.354 e. The molecule has 0 radical (unpaired) electrons. The van der Waals surface area contributed by atoms with Crippen LogP contribution in [-0.4, -0.2) is 11.7 Å². The maximum absolute atomic E-state index is 5.34. The lowest BCUT2D eigenvalue weighted by atomic mass is 9.81. The molecule has 0 amide bonds. The maximum atomic E-state index is 5.34. The number of benzene rings is 2.